The van der Waals surface area contributed by atoms with E-state index in [-0.39, 0.29) is 11.6 Å². The van der Waals surface area contributed by atoms with Crippen LogP contribution in [0.15, 0.2) is 83.7 Å². The molecule has 5 aromatic rings. The maximum absolute atomic E-state index is 13.8. The third-order valence-electron chi connectivity index (χ3n) is 7.90. The van der Waals surface area contributed by atoms with E-state index in [4.69, 9.17) is 4.74 Å². The molecule has 2 heterocycles. The van der Waals surface area contributed by atoms with E-state index in [0.717, 1.165) is 59.0 Å². The molecule has 1 N–H and O–H groups in total. The average Bonchev–Trinajstić information content (AvgIpc) is 3.67. The lowest BCUT2D eigenvalue weighted by Gasteiger charge is -2.32. The van der Waals surface area contributed by atoms with Crippen molar-refractivity contribution in [3.63, 3.8) is 0 Å². The minimum Gasteiger partial charge on any atom is -0.497 e. The molecule has 0 amide bonds. The van der Waals surface area contributed by atoms with E-state index in [1.807, 2.05) is 54.1 Å². The highest BCUT2D eigenvalue weighted by atomic mass is 16.5. The first-order chi connectivity index (χ1) is 19.6. The number of benzene rings is 3. The highest BCUT2D eigenvalue weighted by Gasteiger charge is 2.33. The van der Waals surface area contributed by atoms with Crippen LogP contribution in [0.5, 0.6) is 5.75 Å². The quantitative estimate of drug-likeness (QED) is 0.260. The van der Waals surface area contributed by atoms with Gasteiger partial charge >= 0.3 is 0 Å². The average molecular weight is 535 g/mol. The van der Waals surface area contributed by atoms with Crippen LogP contribution in [0.4, 0.5) is 0 Å². The first-order valence-electron chi connectivity index (χ1n) is 13.9. The van der Waals surface area contributed by atoms with E-state index in [1.54, 1.807) is 7.11 Å². The summed E-state index contributed by atoms with van der Waals surface area (Å²) in [6, 6.07) is 26.3. The number of H-pyrrole nitrogens is 1. The lowest BCUT2D eigenvalue weighted by atomic mass is 10.0. The van der Waals surface area contributed by atoms with Crippen molar-refractivity contribution < 1.29 is 4.74 Å². The van der Waals surface area contributed by atoms with Crippen LogP contribution < -0.4 is 10.3 Å². The van der Waals surface area contributed by atoms with Crippen LogP contribution in [0, 0.1) is 6.92 Å². The highest BCUT2D eigenvalue weighted by Crippen LogP contribution is 2.35. The number of aryl methyl sites for hydroxylation is 1. The number of hydrogen-bond donors (Lipinski definition) is 1. The Balaban J connectivity index is 1.52. The van der Waals surface area contributed by atoms with Crippen molar-refractivity contribution in [2.24, 2.45) is 0 Å². The van der Waals surface area contributed by atoms with Crippen LogP contribution in [0.25, 0.3) is 10.9 Å². The number of aromatic amines is 1. The van der Waals surface area contributed by atoms with Crippen LogP contribution in [0.3, 0.4) is 0 Å². The molecular formula is C32H34N6O2. The van der Waals surface area contributed by atoms with Gasteiger partial charge in [-0.1, -0.05) is 67.4 Å². The number of aromatic nitrogens is 5. The predicted molar refractivity (Wildman–Crippen MR) is 155 cm³/mol. The van der Waals surface area contributed by atoms with Crippen LogP contribution in [-0.2, 0) is 13.1 Å². The van der Waals surface area contributed by atoms with E-state index in [1.165, 1.54) is 0 Å². The Labute approximate surface area is 233 Å². The number of ether oxygens (including phenoxy) is 1. The molecule has 0 bridgehead atoms. The zero-order valence-electron chi connectivity index (χ0n) is 23.0. The number of tetrazole rings is 1. The van der Waals surface area contributed by atoms with Gasteiger partial charge in [0.25, 0.3) is 5.56 Å². The molecule has 6 rings (SSSR count). The molecule has 0 radical (unpaired) electrons. The van der Waals surface area contributed by atoms with Gasteiger partial charge < -0.3 is 9.72 Å². The second kappa shape index (κ2) is 11.4. The number of nitrogens with one attached hydrogen (secondary N) is 1. The molecule has 204 valence electrons. The van der Waals surface area contributed by atoms with Gasteiger partial charge in [-0.05, 0) is 76.5 Å². The minimum atomic E-state index is -0.465. The third-order valence-corrected chi connectivity index (χ3v) is 7.90. The number of rotatable bonds is 9. The van der Waals surface area contributed by atoms with Crippen molar-refractivity contribution in [2.75, 3.05) is 7.11 Å². The summed E-state index contributed by atoms with van der Waals surface area (Å²) in [4.78, 5) is 19.3. The number of pyridine rings is 1. The normalized spacial score (nSPS) is 14.7. The Bertz CT molecular complexity index is 1640. The van der Waals surface area contributed by atoms with E-state index in [0.29, 0.717) is 24.5 Å². The summed E-state index contributed by atoms with van der Waals surface area (Å²) in [5, 5.41) is 14.2. The SMILES string of the molecule is COc1ccc(CN(Cc2ccccc2)[C@H](c2cc3ccc(C)cc3[nH]c2=O)c2nnnn2C2CCCC2)cc1. The van der Waals surface area contributed by atoms with E-state index >= 15 is 0 Å². The molecule has 8 heteroatoms. The Hall–Kier alpha value is -4.30. The molecule has 0 saturated heterocycles. The first kappa shape index (κ1) is 26.0. The summed E-state index contributed by atoms with van der Waals surface area (Å²) in [6.45, 7) is 3.23. The zero-order valence-corrected chi connectivity index (χ0v) is 23.0. The Morgan fingerprint density at radius 1 is 0.975 bits per heavy atom. The first-order valence-corrected chi connectivity index (χ1v) is 13.9. The van der Waals surface area contributed by atoms with Gasteiger partial charge in [0.15, 0.2) is 5.82 Å². The summed E-state index contributed by atoms with van der Waals surface area (Å²) in [5.74, 6) is 1.51. The Kier molecular flexibility index (Phi) is 7.42. The molecule has 1 aliphatic carbocycles. The summed E-state index contributed by atoms with van der Waals surface area (Å²) in [5.41, 5.74) is 4.69. The van der Waals surface area contributed by atoms with Gasteiger partial charge in [-0.15, -0.1) is 5.10 Å². The number of nitrogens with zero attached hydrogens (tertiary/aromatic N) is 5. The molecule has 8 nitrogen and oxygen atoms in total. The highest BCUT2D eigenvalue weighted by molar-refractivity contribution is 5.79. The topological polar surface area (TPSA) is 88.9 Å². The van der Waals surface area contributed by atoms with Gasteiger partial charge in [0.05, 0.1) is 13.2 Å². The fourth-order valence-electron chi connectivity index (χ4n) is 5.85. The smallest absolute Gasteiger partial charge is 0.253 e. The van der Waals surface area contributed by atoms with Gasteiger partial charge in [0, 0.05) is 24.2 Å². The van der Waals surface area contributed by atoms with E-state index in [9.17, 15) is 4.79 Å². The van der Waals surface area contributed by atoms with E-state index < -0.39 is 6.04 Å². The van der Waals surface area contributed by atoms with Gasteiger partial charge in [-0.2, -0.15) is 0 Å². The van der Waals surface area contributed by atoms with Gasteiger partial charge in [0.1, 0.15) is 11.8 Å². The molecule has 0 spiro atoms. The molecule has 40 heavy (non-hydrogen) atoms. The number of hydrogen-bond acceptors (Lipinski definition) is 6. The molecule has 0 aliphatic heterocycles. The summed E-state index contributed by atoms with van der Waals surface area (Å²) < 4.78 is 7.37. The van der Waals surface area contributed by atoms with Gasteiger partial charge in [-0.3, -0.25) is 9.69 Å². The van der Waals surface area contributed by atoms with Gasteiger partial charge in [-0.25, -0.2) is 4.68 Å². The molecular weight excluding hydrogens is 500 g/mol. The lowest BCUT2D eigenvalue weighted by Crippen LogP contribution is -2.35. The van der Waals surface area contributed by atoms with E-state index in [2.05, 4.69) is 61.8 Å². The second-order valence-corrected chi connectivity index (χ2v) is 10.7. The molecule has 2 aromatic heterocycles. The molecule has 1 atom stereocenters. The van der Waals surface area contributed by atoms with Crippen molar-refractivity contribution in [2.45, 2.75) is 57.8 Å². The standard InChI is InChI=1S/C32H34N6O2/c1-22-12-15-25-19-28(32(39)33-29(25)18-22)30(31-34-35-36-38(31)26-10-6-7-11-26)37(20-23-8-4-3-5-9-23)21-24-13-16-27(40-2)17-14-24/h3-5,8-9,12-19,26,30H,6-7,10-11,20-21H2,1-2H3,(H,33,39)/t30-/m1/s1. The van der Waals surface area contributed by atoms with Crippen molar-refractivity contribution in [1.82, 2.24) is 30.1 Å². The van der Waals surface area contributed by atoms with Crippen LogP contribution >= 0.6 is 0 Å². The number of methoxy groups -OCH3 is 1. The third kappa shape index (κ3) is 5.40. The molecule has 1 aliphatic rings. The Morgan fingerprint density at radius 3 is 2.42 bits per heavy atom. The number of fused-ring (bicyclic) bond motifs is 1. The van der Waals surface area contributed by atoms with Crippen LogP contribution in [0.1, 0.15) is 65.8 Å². The van der Waals surface area contributed by atoms with Crippen molar-refractivity contribution in [1.29, 1.82) is 0 Å². The molecule has 0 unspecified atom stereocenters. The zero-order chi connectivity index (χ0) is 27.5. The molecule has 1 fully saturated rings. The summed E-state index contributed by atoms with van der Waals surface area (Å²) >= 11 is 0. The van der Waals surface area contributed by atoms with Crippen molar-refractivity contribution in [3.05, 3.63) is 117 Å². The summed E-state index contributed by atoms with van der Waals surface area (Å²) in [7, 11) is 1.67. The van der Waals surface area contributed by atoms with Gasteiger partial charge in [0.2, 0.25) is 0 Å². The minimum absolute atomic E-state index is 0.128. The molecule has 1 saturated carbocycles. The maximum atomic E-state index is 13.8. The van der Waals surface area contributed by atoms with Crippen LogP contribution in [-0.4, -0.2) is 37.2 Å². The van der Waals surface area contributed by atoms with Crippen molar-refractivity contribution >= 4 is 10.9 Å². The summed E-state index contributed by atoms with van der Waals surface area (Å²) in [6.07, 6.45) is 4.39. The van der Waals surface area contributed by atoms with Crippen molar-refractivity contribution in [3.8, 4) is 5.75 Å². The fourth-order valence-corrected chi connectivity index (χ4v) is 5.85. The monoisotopic (exact) mass is 534 g/mol. The Morgan fingerprint density at radius 2 is 1.70 bits per heavy atom. The lowest BCUT2D eigenvalue weighted by molar-refractivity contribution is 0.190. The maximum Gasteiger partial charge on any atom is 0.253 e. The second-order valence-electron chi connectivity index (χ2n) is 10.7. The largest absolute Gasteiger partial charge is 0.497 e. The molecule has 3 aromatic carbocycles. The van der Waals surface area contributed by atoms with Crippen LogP contribution in [0.2, 0.25) is 0 Å². The predicted octanol–water partition coefficient (Wildman–Crippen LogP) is 5.74. The fraction of sp³-hybridized carbons (Fsp3) is 0.312.